The van der Waals surface area contributed by atoms with E-state index in [2.05, 4.69) is 5.10 Å². The van der Waals surface area contributed by atoms with E-state index in [1.807, 2.05) is 66.9 Å². The lowest BCUT2D eigenvalue weighted by Gasteiger charge is -2.17. The Morgan fingerprint density at radius 2 is 1.85 bits per heavy atom. The van der Waals surface area contributed by atoms with Crippen molar-refractivity contribution in [2.24, 2.45) is 0 Å². The summed E-state index contributed by atoms with van der Waals surface area (Å²) in [5.41, 5.74) is 2.03. The van der Waals surface area contributed by atoms with Gasteiger partial charge in [-0.1, -0.05) is 30.3 Å². The van der Waals surface area contributed by atoms with Gasteiger partial charge in [-0.25, -0.2) is 0 Å². The van der Waals surface area contributed by atoms with Gasteiger partial charge in [-0.2, -0.15) is 9.61 Å². The van der Waals surface area contributed by atoms with E-state index >= 15 is 0 Å². The van der Waals surface area contributed by atoms with Gasteiger partial charge in [0.25, 0.3) is 5.56 Å². The number of rotatable bonds is 5. The molecule has 0 saturated heterocycles. The quantitative estimate of drug-likeness (QED) is 0.592. The van der Waals surface area contributed by atoms with Gasteiger partial charge in [0, 0.05) is 17.8 Å². The normalized spacial score (nSPS) is 12.6. The minimum atomic E-state index is -0.725. The van der Waals surface area contributed by atoms with Gasteiger partial charge in [-0.05, 0) is 36.8 Å². The Balaban J connectivity index is 1.51. The molecule has 1 N–H and O–H groups in total. The summed E-state index contributed by atoms with van der Waals surface area (Å²) >= 11 is 0. The Morgan fingerprint density at radius 1 is 1.07 bits per heavy atom. The van der Waals surface area contributed by atoms with Crippen LogP contribution in [0.5, 0.6) is 5.75 Å². The van der Waals surface area contributed by atoms with E-state index in [1.54, 1.807) is 0 Å². The fourth-order valence-electron chi connectivity index (χ4n) is 3.29. The second kappa shape index (κ2) is 6.89. The lowest BCUT2D eigenvalue weighted by Crippen LogP contribution is -2.27. The Hall–Kier alpha value is -3.12. The Bertz CT molecular complexity index is 1180. The molecule has 0 aliphatic rings. The number of aliphatic hydroxyl groups is 1. The first-order valence-corrected chi connectivity index (χ1v) is 8.88. The van der Waals surface area contributed by atoms with Crippen molar-refractivity contribution in [2.75, 3.05) is 6.61 Å². The second-order valence-electron chi connectivity index (χ2n) is 6.76. The van der Waals surface area contributed by atoms with E-state index in [1.165, 1.54) is 10.6 Å². The van der Waals surface area contributed by atoms with Gasteiger partial charge in [0.1, 0.15) is 24.1 Å². The highest BCUT2D eigenvalue weighted by atomic mass is 16.5. The van der Waals surface area contributed by atoms with Crippen molar-refractivity contribution in [3.8, 4) is 5.75 Å². The first kappa shape index (κ1) is 17.3. The standard InChI is InChI=1S/C21H21N3O3/c1-14-9-20-23(15(2)10-21(26)24(20)22-14)12-18(25)13-27-19-8-7-16-5-3-4-6-17(16)11-19/h3-11,18,25H,12-13H2,1-2H3. The van der Waals surface area contributed by atoms with E-state index in [9.17, 15) is 9.90 Å². The summed E-state index contributed by atoms with van der Waals surface area (Å²) < 4.78 is 9.03. The largest absolute Gasteiger partial charge is 0.491 e. The molecule has 4 aromatic rings. The Kier molecular flexibility index (Phi) is 4.41. The Labute approximate surface area is 156 Å². The zero-order valence-corrected chi connectivity index (χ0v) is 15.3. The number of ether oxygens (including phenoxy) is 1. The van der Waals surface area contributed by atoms with E-state index in [0.717, 1.165) is 27.9 Å². The van der Waals surface area contributed by atoms with Crippen molar-refractivity contribution in [3.05, 3.63) is 76.3 Å². The number of hydrogen-bond acceptors (Lipinski definition) is 4. The third-order valence-electron chi connectivity index (χ3n) is 4.61. The van der Waals surface area contributed by atoms with E-state index in [-0.39, 0.29) is 12.2 Å². The van der Waals surface area contributed by atoms with Gasteiger partial charge in [0.15, 0.2) is 0 Å². The number of hydrogen-bond donors (Lipinski definition) is 1. The lowest BCUT2D eigenvalue weighted by molar-refractivity contribution is 0.0927. The maximum absolute atomic E-state index is 12.1. The number of benzene rings is 2. The molecule has 6 nitrogen and oxygen atoms in total. The second-order valence-corrected chi connectivity index (χ2v) is 6.76. The van der Waals surface area contributed by atoms with Gasteiger partial charge < -0.3 is 14.4 Å². The monoisotopic (exact) mass is 363 g/mol. The molecule has 0 aliphatic carbocycles. The van der Waals surface area contributed by atoms with Gasteiger partial charge in [0.2, 0.25) is 0 Å². The topological polar surface area (TPSA) is 68.8 Å². The van der Waals surface area contributed by atoms with Crippen molar-refractivity contribution in [1.82, 2.24) is 14.2 Å². The third-order valence-corrected chi connectivity index (χ3v) is 4.61. The van der Waals surface area contributed by atoms with Crippen LogP contribution in [0.3, 0.4) is 0 Å². The zero-order chi connectivity index (χ0) is 19.0. The summed E-state index contributed by atoms with van der Waals surface area (Å²) in [5, 5.41) is 16.9. The predicted molar refractivity (Wildman–Crippen MR) is 104 cm³/mol. The molecule has 0 fully saturated rings. The highest BCUT2D eigenvalue weighted by Crippen LogP contribution is 2.20. The van der Waals surface area contributed by atoms with Crippen LogP contribution in [0.1, 0.15) is 11.4 Å². The molecule has 0 bridgehead atoms. The number of aromatic nitrogens is 3. The van der Waals surface area contributed by atoms with Crippen LogP contribution in [-0.4, -0.2) is 32.0 Å². The molecule has 6 heteroatoms. The molecule has 0 aliphatic heterocycles. The lowest BCUT2D eigenvalue weighted by atomic mass is 10.1. The van der Waals surface area contributed by atoms with Crippen LogP contribution in [0.25, 0.3) is 16.4 Å². The smallest absolute Gasteiger partial charge is 0.274 e. The van der Waals surface area contributed by atoms with Crippen molar-refractivity contribution in [3.63, 3.8) is 0 Å². The Morgan fingerprint density at radius 3 is 2.67 bits per heavy atom. The van der Waals surface area contributed by atoms with E-state index < -0.39 is 6.10 Å². The highest BCUT2D eigenvalue weighted by Gasteiger charge is 2.13. The molecule has 0 spiro atoms. The van der Waals surface area contributed by atoms with E-state index in [0.29, 0.717) is 12.2 Å². The van der Waals surface area contributed by atoms with Gasteiger partial charge in [0.05, 0.1) is 12.2 Å². The SMILES string of the molecule is Cc1cc2n(CC(O)COc3ccc4ccccc4c3)c(C)cc(=O)n2n1. The van der Waals surface area contributed by atoms with Crippen molar-refractivity contribution < 1.29 is 9.84 Å². The molecule has 2 aromatic carbocycles. The molecule has 0 saturated carbocycles. The van der Waals surface area contributed by atoms with E-state index in [4.69, 9.17) is 4.74 Å². The number of nitrogens with zero attached hydrogens (tertiary/aromatic N) is 3. The van der Waals surface area contributed by atoms with Gasteiger partial charge in [-0.3, -0.25) is 4.79 Å². The zero-order valence-electron chi connectivity index (χ0n) is 15.3. The van der Waals surface area contributed by atoms with Crippen LogP contribution >= 0.6 is 0 Å². The maximum Gasteiger partial charge on any atom is 0.274 e. The molecular weight excluding hydrogens is 342 g/mol. The minimum absolute atomic E-state index is 0.156. The van der Waals surface area contributed by atoms with Crippen LogP contribution in [0.15, 0.2) is 59.4 Å². The first-order valence-electron chi connectivity index (χ1n) is 8.88. The molecule has 2 heterocycles. The number of fused-ring (bicyclic) bond motifs is 2. The van der Waals surface area contributed by atoms with Crippen molar-refractivity contribution in [2.45, 2.75) is 26.5 Å². The van der Waals surface area contributed by atoms with Crippen LogP contribution in [-0.2, 0) is 6.54 Å². The fraction of sp³-hybridized carbons (Fsp3) is 0.238. The van der Waals surface area contributed by atoms with Crippen LogP contribution < -0.4 is 10.3 Å². The first-order chi connectivity index (χ1) is 13.0. The molecule has 1 atom stereocenters. The fourth-order valence-corrected chi connectivity index (χ4v) is 3.29. The summed E-state index contributed by atoms with van der Waals surface area (Å²) in [6.07, 6.45) is -0.725. The molecule has 0 amide bonds. The third kappa shape index (κ3) is 3.44. The number of aryl methyl sites for hydroxylation is 2. The summed E-state index contributed by atoms with van der Waals surface area (Å²) in [6.45, 7) is 4.16. The number of aliphatic hydroxyl groups excluding tert-OH is 1. The summed E-state index contributed by atoms with van der Waals surface area (Å²) in [7, 11) is 0. The minimum Gasteiger partial charge on any atom is -0.491 e. The molecule has 27 heavy (non-hydrogen) atoms. The summed E-state index contributed by atoms with van der Waals surface area (Å²) in [4.78, 5) is 12.1. The summed E-state index contributed by atoms with van der Waals surface area (Å²) in [5.74, 6) is 0.717. The van der Waals surface area contributed by atoms with Gasteiger partial charge in [-0.15, -0.1) is 0 Å². The van der Waals surface area contributed by atoms with Crippen LogP contribution in [0.2, 0.25) is 0 Å². The van der Waals surface area contributed by atoms with Crippen LogP contribution in [0, 0.1) is 13.8 Å². The van der Waals surface area contributed by atoms with Crippen molar-refractivity contribution in [1.29, 1.82) is 0 Å². The molecule has 2 aromatic heterocycles. The molecule has 4 rings (SSSR count). The van der Waals surface area contributed by atoms with Crippen LogP contribution in [0.4, 0.5) is 0 Å². The maximum atomic E-state index is 12.1. The average Bonchev–Trinajstić information content (AvgIpc) is 3.05. The van der Waals surface area contributed by atoms with Gasteiger partial charge >= 0.3 is 0 Å². The van der Waals surface area contributed by atoms with Crippen molar-refractivity contribution >= 4 is 16.4 Å². The molecule has 138 valence electrons. The average molecular weight is 363 g/mol. The highest BCUT2D eigenvalue weighted by molar-refractivity contribution is 5.83. The predicted octanol–water partition coefficient (Wildman–Crippen LogP) is 2.71. The molecule has 0 radical (unpaired) electrons. The molecular formula is C21H21N3O3. The summed E-state index contributed by atoms with van der Waals surface area (Å²) in [6, 6.07) is 17.3. The molecule has 1 unspecified atom stereocenters.